The predicted molar refractivity (Wildman–Crippen MR) is 129 cm³/mol. The van der Waals surface area contributed by atoms with Gasteiger partial charge < -0.3 is 23.9 Å². The zero-order valence-corrected chi connectivity index (χ0v) is 20.9. The maximum absolute atomic E-state index is 13.8. The van der Waals surface area contributed by atoms with Crippen LogP contribution in [0.3, 0.4) is 0 Å². The number of amides is 3. The maximum Gasteiger partial charge on any atom is 0.317 e. The molecule has 4 aliphatic rings. The third-order valence-electron chi connectivity index (χ3n) is 8.15. The van der Waals surface area contributed by atoms with E-state index in [2.05, 4.69) is 0 Å². The van der Waals surface area contributed by atoms with Crippen LogP contribution in [0.1, 0.15) is 57.1 Å². The zero-order valence-electron chi connectivity index (χ0n) is 20.9. The topological polar surface area (TPSA) is 100 Å². The first-order valence-electron chi connectivity index (χ1n) is 13.1. The SMILES string of the molecule is COC(=O)[C@]12CCCCC=C1N(Cc1ccco1)C(=O)[C@H](CC(=O)N1CCN(C(=O)C3CC3)CC1)C2. The van der Waals surface area contributed by atoms with Crippen molar-refractivity contribution in [1.29, 1.82) is 0 Å². The number of rotatable bonds is 6. The molecule has 0 N–H and O–H groups in total. The van der Waals surface area contributed by atoms with Gasteiger partial charge >= 0.3 is 5.97 Å². The number of fused-ring (bicyclic) bond motifs is 1. The van der Waals surface area contributed by atoms with Gasteiger partial charge in [0.1, 0.15) is 11.2 Å². The van der Waals surface area contributed by atoms with Crippen LogP contribution in [0.15, 0.2) is 34.6 Å². The fourth-order valence-corrected chi connectivity index (χ4v) is 6.03. The zero-order chi connectivity index (χ0) is 25.3. The average molecular weight is 498 g/mol. The number of esters is 1. The molecular formula is C27H35N3O6. The van der Waals surface area contributed by atoms with Gasteiger partial charge in [0.15, 0.2) is 0 Å². The van der Waals surface area contributed by atoms with E-state index in [0.717, 1.165) is 32.1 Å². The van der Waals surface area contributed by atoms with Crippen LogP contribution in [0.5, 0.6) is 0 Å². The molecule has 1 aromatic rings. The molecule has 1 aromatic heterocycles. The molecular weight excluding hydrogens is 462 g/mol. The molecule has 0 spiro atoms. The first kappa shape index (κ1) is 24.6. The summed E-state index contributed by atoms with van der Waals surface area (Å²) >= 11 is 0. The van der Waals surface area contributed by atoms with E-state index in [1.807, 2.05) is 17.0 Å². The highest BCUT2D eigenvalue weighted by Crippen LogP contribution is 2.49. The molecule has 0 bridgehead atoms. The van der Waals surface area contributed by atoms with Crippen molar-refractivity contribution >= 4 is 23.7 Å². The third-order valence-corrected chi connectivity index (χ3v) is 8.15. The first-order chi connectivity index (χ1) is 17.4. The predicted octanol–water partition coefficient (Wildman–Crippen LogP) is 2.72. The monoisotopic (exact) mass is 497 g/mol. The molecule has 9 nitrogen and oxygen atoms in total. The summed E-state index contributed by atoms with van der Waals surface area (Å²) in [6, 6.07) is 3.58. The molecule has 9 heteroatoms. The number of likely N-dealkylation sites (tertiary alicyclic amines) is 1. The molecule has 3 heterocycles. The van der Waals surface area contributed by atoms with Crippen molar-refractivity contribution in [3.8, 4) is 0 Å². The van der Waals surface area contributed by atoms with Gasteiger partial charge in [-0.05, 0) is 50.7 Å². The molecule has 0 aromatic carbocycles. The van der Waals surface area contributed by atoms with E-state index in [1.165, 1.54) is 7.11 Å². The Labute approximate surface area is 211 Å². The van der Waals surface area contributed by atoms with Crippen LogP contribution in [0.2, 0.25) is 0 Å². The Bertz CT molecular complexity index is 1040. The Morgan fingerprint density at radius 1 is 1.11 bits per heavy atom. The molecule has 0 radical (unpaired) electrons. The number of carbonyl (C=O) groups excluding carboxylic acids is 4. The fourth-order valence-electron chi connectivity index (χ4n) is 6.03. The molecule has 36 heavy (non-hydrogen) atoms. The lowest BCUT2D eigenvalue weighted by atomic mass is 9.69. The van der Waals surface area contributed by atoms with Crippen molar-refractivity contribution < 1.29 is 28.3 Å². The van der Waals surface area contributed by atoms with E-state index in [4.69, 9.17) is 9.15 Å². The minimum absolute atomic E-state index is 0.0378. The molecule has 2 saturated heterocycles. The molecule has 2 atom stereocenters. The molecule has 1 saturated carbocycles. The van der Waals surface area contributed by atoms with Gasteiger partial charge in [-0.15, -0.1) is 0 Å². The van der Waals surface area contributed by atoms with E-state index < -0.39 is 11.3 Å². The van der Waals surface area contributed by atoms with Crippen LogP contribution in [0.25, 0.3) is 0 Å². The van der Waals surface area contributed by atoms with Crippen molar-refractivity contribution in [3.05, 3.63) is 35.9 Å². The van der Waals surface area contributed by atoms with Gasteiger partial charge in [0.2, 0.25) is 17.7 Å². The van der Waals surface area contributed by atoms with Crippen molar-refractivity contribution in [1.82, 2.24) is 14.7 Å². The summed E-state index contributed by atoms with van der Waals surface area (Å²) in [5.74, 6) is -0.254. The summed E-state index contributed by atoms with van der Waals surface area (Å²) in [4.78, 5) is 58.0. The van der Waals surface area contributed by atoms with Crippen LogP contribution < -0.4 is 0 Å². The van der Waals surface area contributed by atoms with Gasteiger partial charge in [0, 0.05) is 50.1 Å². The van der Waals surface area contributed by atoms with E-state index in [-0.39, 0.29) is 49.0 Å². The number of nitrogens with zero attached hydrogens (tertiary/aromatic N) is 3. The second-order valence-corrected chi connectivity index (χ2v) is 10.5. The highest BCUT2D eigenvalue weighted by Gasteiger charge is 2.54. The van der Waals surface area contributed by atoms with Crippen LogP contribution in [0, 0.1) is 17.3 Å². The number of hydrogen-bond acceptors (Lipinski definition) is 6. The molecule has 0 unspecified atom stereocenters. The average Bonchev–Trinajstić information content (AvgIpc) is 3.66. The lowest BCUT2D eigenvalue weighted by molar-refractivity contribution is -0.160. The van der Waals surface area contributed by atoms with Crippen molar-refractivity contribution in [3.63, 3.8) is 0 Å². The van der Waals surface area contributed by atoms with Crippen molar-refractivity contribution in [2.45, 2.75) is 57.9 Å². The van der Waals surface area contributed by atoms with Gasteiger partial charge in [0.25, 0.3) is 0 Å². The Morgan fingerprint density at radius 3 is 2.53 bits per heavy atom. The number of methoxy groups -OCH3 is 1. The second kappa shape index (κ2) is 10.1. The molecule has 2 aliphatic heterocycles. The van der Waals surface area contributed by atoms with E-state index in [1.54, 1.807) is 22.1 Å². The summed E-state index contributed by atoms with van der Waals surface area (Å²) in [5.41, 5.74) is -0.268. The number of piperazine rings is 1. The van der Waals surface area contributed by atoms with Crippen LogP contribution in [0.4, 0.5) is 0 Å². The fraction of sp³-hybridized carbons (Fsp3) is 0.630. The summed E-state index contributed by atoms with van der Waals surface area (Å²) in [6.45, 7) is 2.22. The Balaban J connectivity index is 1.35. The minimum atomic E-state index is -0.952. The standard InChI is InChI=1S/C27H35N3O6/c1-35-26(34)27-10-4-2-3-7-22(27)30(18-21-6-5-15-36-21)25(33)20(17-27)16-23(31)28-11-13-29(14-12-28)24(32)19-8-9-19/h5-7,15,19-20H,2-4,8-14,16-18H2,1H3/t20-,27+/m1/s1. The normalized spacial score (nSPS) is 26.7. The number of ether oxygens (including phenoxy) is 1. The lowest BCUT2D eigenvalue weighted by Crippen LogP contribution is -2.54. The molecule has 194 valence electrons. The number of carbonyl (C=O) groups is 4. The highest BCUT2D eigenvalue weighted by atomic mass is 16.5. The smallest absolute Gasteiger partial charge is 0.317 e. The van der Waals surface area contributed by atoms with Gasteiger partial charge in [-0.2, -0.15) is 0 Å². The second-order valence-electron chi connectivity index (χ2n) is 10.5. The summed E-state index contributed by atoms with van der Waals surface area (Å²) < 4.78 is 10.8. The number of piperidine rings is 1. The highest BCUT2D eigenvalue weighted by molar-refractivity contribution is 5.92. The van der Waals surface area contributed by atoms with Gasteiger partial charge in [-0.25, -0.2) is 0 Å². The van der Waals surface area contributed by atoms with Gasteiger partial charge in [-0.1, -0.05) is 12.5 Å². The number of allylic oxidation sites excluding steroid dienone is 1. The van der Waals surface area contributed by atoms with Crippen molar-refractivity contribution in [2.75, 3.05) is 33.3 Å². The molecule has 3 fully saturated rings. The van der Waals surface area contributed by atoms with Crippen LogP contribution >= 0.6 is 0 Å². The van der Waals surface area contributed by atoms with Crippen LogP contribution in [-0.2, 0) is 30.5 Å². The Kier molecular flexibility index (Phi) is 6.90. The number of hydrogen-bond donors (Lipinski definition) is 0. The molecule has 2 aliphatic carbocycles. The number of furan rings is 1. The Hall–Kier alpha value is -3.10. The quantitative estimate of drug-likeness (QED) is 0.561. The minimum Gasteiger partial charge on any atom is -0.468 e. The third kappa shape index (κ3) is 4.67. The van der Waals surface area contributed by atoms with Gasteiger partial charge in [0.05, 0.1) is 19.9 Å². The van der Waals surface area contributed by atoms with E-state index in [0.29, 0.717) is 44.1 Å². The van der Waals surface area contributed by atoms with Crippen molar-refractivity contribution in [2.24, 2.45) is 17.3 Å². The maximum atomic E-state index is 13.8. The largest absolute Gasteiger partial charge is 0.468 e. The van der Waals surface area contributed by atoms with Gasteiger partial charge in [-0.3, -0.25) is 19.2 Å². The van der Waals surface area contributed by atoms with E-state index in [9.17, 15) is 19.2 Å². The first-order valence-corrected chi connectivity index (χ1v) is 13.1. The summed E-state index contributed by atoms with van der Waals surface area (Å²) in [5, 5.41) is 0. The summed E-state index contributed by atoms with van der Waals surface area (Å²) in [7, 11) is 1.38. The Morgan fingerprint density at radius 2 is 1.86 bits per heavy atom. The molecule has 5 rings (SSSR count). The lowest BCUT2D eigenvalue weighted by Gasteiger charge is -2.46. The van der Waals surface area contributed by atoms with E-state index >= 15 is 0 Å². The summed E-state index contributed by atoms with van der Waals surface area (Å²) in [6.07, 6.45) is 8.94. The molecule has 3 amide bonds. The van der Waals surface area contributed by atoms with Crippen LogP contribution in [-0.4, -0.2) is 71.7 Å².